The first-order chi connectivity index (χ1) is 16.3. The van der Waals surface area contributed by atoms with E-state index in [0.717, 1.165) is 0 Å². The Kier molecular flexibility index (Phi) is 5.28. The van der Waals surface area contributed by atoms with Crippen LogP contribution in [0.5, 0.6) is 11.5 Å². The number of carbonyl (C=O) groups excluding carboxylic acids is 3. The van der Waals surface area contributed by atoms with Crippen molar-refractivity contribution in [3.63, 3.8) is 0 Å². The van der Waals surface area contributed by atoms with E-state index in [1.165, 1.54) is 21.1 Å². The lowest BCUT2D eigenvalue weighted by atomic mass is 9.77. The lowest BCUT2D eigenvalue weighted by Crippen LogP contribution is -2.41. The van der Waals surface area contributed by atoms with Crippen LogP contribution in [-0.4, -0.2) is 50.2 Å². The van der Waals surface area contributed by atoms with E-state index in [1.54, 1.807) is 47.4 Å². The van der Waals surface area contributed by atoms with Crippen LogP contribution in [-0.2, 0) is 19.1 Å². The molecule has 3 heterocycles. The van der Waals surface area contributed by atoms with E-state index < -0.39 is 23.5 Å². The van der Waals surface area contributed by atoms with Crippen molar-refractivity contribution in [1.82, 2.24) is 0 Å². The number of nitrogens with one attached hydrogen (secondary N) is 2. The summed E-state index contributed by atoms with van der Waals surface area (Å²) in [6, 6.07) is 12.1. The van der Waals surface area contributed by atoms with Crippen molar-refractivity contribution in [3.05, 3.63) is 54.6 Å². The van der Waals surface area contributed by atoms with Gasteiger partial charge in [-0.1, -0.05) is 12.2 Å². The van der Waals surface area contributed by atoms with E-state index >= 15 is 0 Å². The fraction of sp³-hybridized carbons (Fsp3) is 0.320. The average Bonchev–Trinajstić information content (AvgIpc) is 3.47. The van der Waals surface area contributed by atoms with Gasteiger partial charge in [-0.15, -0.1) is 0 Å². The molecule has 2 bridgehead atoms. The Bertz CT molecular complexity index is 1170. The molecule has 3 aliphatic rings. The number of hydrogen-bond acceptors (Lipinski definition) is 6. The van der Waals surface area contributed by atoms with Gasteiger partial charge in [-0.3, -0.25) is 14.4 Å². The minimum Gasteiger partial charge on any atom is -0.497 e. The molecule has 3 amide bonds. The molecule has 9 heteroatoms. The summed E-state index contributed by atoms with van der Waals surface area (Å²) in [4.78, 5) is 39.8. The van der Waals surface area contributed by atoms with Crippen LogP contribution in [0.4, 0.5) is 17.1 Å². The van der Waals surface area contributed by atoms with E-state index in [0.29, 0.717) is 35.1 Å². The summed E-state index contributed by atoms with van der Waals surface area (Å²) < 4.78 is 16.8. The lowest BCUT2D eigenvalue weighted by Gasteiger charge is -2.23. The molecule has 34 heavy (non-hydrogen) atoms. The van der Waals surface area contributed by atoms with E-state index in [2.05, 4.69) is 10.6 Å². The average molecular weight is 463 g/mol. The summed E-state index contributed by atoms with van der Waals surface area (Å²) in [7, 11) is 3.07. The molecule has 1 spiro atoms. The highest BCUT2D eigenvalue weighted by atomic mass is 16.5. The van der Waals surface area contributed by atoms with E-state index in [-0.39, 0.29) is 17.7 Å². The molecule has 5 rings (SSSR count). The Hall–Kier alpha value is -3.85. The standard InChI is InChI=1S/C25H25N3O6/c1-14(29)26-15-4-6-17(7-5-15)28-13-25-9-8-20(34-25)21(22(25)24(28)31)23(30)27-16-10-18(32-2)12-19(11-16)33-3/h4-12,20-22H,13H2,1-3H3,(H,26,29)(H,27,30)/t20-,21-,22+,25-/m1/s1. The summed E-state index contributed by atoms with van der Waals surface area (Å²) in [5.74, 6) is -0.850. The zero-order valence-electron chi connectivity index (χ0n) is 19.0. The number of amides is 3. The maximum absolute atomic E-state index is 13.5. The van der Waals surface area contributed by atoms with Gasteiger partial charge in [0, 0.05) is 42.2 Å². The van der Waals surface area contributed by atoms with Crippen molar-refractivity contribution >= 4 is 34.8 Å². The number of ether oxygens (including phenoxy) is 3. The maximum Gasteiger partial charge on any atom is 0.234 e. The molecule has 0 unspecified atom stereocenters. The first-order valence-corrected chi connectivity index (χ1v) is 10.9. The van der Waals surface area contributed by atoms with E-state index in [4.69, 9.17) is 14.2 Å². The third-order valence-corrected chi connectivity index (χ3v) is 6.52. The van der Waals surface area contributed by atoms with Crippen LogP contribution in [0.1, 0.15) is 6.92 Å². The number of methoxy groups -OCH3 is 2. The second-order valence-electron chi connectivity index (χ2n) is 8.64. The Balaban J connectivity index is 1.38. The van der Waals surface area contributed by atoms with Crippen molar-refractivity contribution in [2.75, 3.05) is 36.3 Å². The summed E-state index contributed by atoms with van der Waals surface area (Å²) in [5, 5.41) is 5.62. The van der Waals surface area contributed by atoms with Gasteiger partial charge in [0.15, 0.2) is 0 Å². The molecule has 2 aromatic rings. The van der Waals surface area contributed by atoms with Crippen LogP contribution in [0.3, 0.4) is 0 Å². The Morgan fingerprint density at radius 3 is 2.32 bits per heavy atom. The molecule has 2 saturated heterocycles. The highest BCUT2D eigenvalue weighted by molar-refractivity contribution is 6.05. The summed E-state index contributed by atoms with van der Waals surface area (Å²) in [6.07, 6.45) is 3.30. The molecule has 0 radical (unpaired) electrons. The highest BCUT2D eigenvalue weighted by Gasteiger charge is 2.67. The fourth-order valence-corrected chi connectivity index (χ4v) is 5.05. The smallest absolute Gasteiger partial charge is 0.234 e. The van der Waals surface area contributed by atoms with E-state index in [9.17, 15) is 14.4 Å². The number of carbonyl (C=O) groups is 3. The van der Waals surface area contributed by atoms with Gasteiger partial charge >= 0.3 is 0 Å². The van der Waals surface area contributed by atoms with Gasteiger partial charge in [0.1, 0.15) is 17.1 Å². The van der Waals surface area contributed by atoms with Crippen LogP contribution in [0.15, 0.2) is 54.6 Å². The summed E-state index contributed by atoms with van der Waals surface area (Å²) in [6.45, 7) is 1.75. The molecule has 2 N–H and O–H groups in total. The van der Waals surface area contributed by atoms with Crippen molar-refractivity contribution in [2.45, 2.75) is 18.6 Å². The molecule has 4 atom stereocenters. The van der Waals surface area contributed by atoms with Crippen molar-refractivity contribution in [3.8, 4) is 11.5 Å². The molecule has 2 aromatic carbocycles. The van der Waals surface area contributed by atoms with Crippen LogP contribution in [0.2, 0.25) is 0 Å². The Morgan fingerprint density at radius 2 is 1.71 bits per heavy atom. The SMILES string of the molecule is COc1cc(NC(=O)[C@H]2[C@H]3C(=O)N(c4ccc(NC(C)=O)cc4)C[C@]34C=C[C@H]2O4)cc(OC)c1. The van der Waals surface area contributed by atoms with Gasteiger partial charge in [-0.05, 0) is 24.3 Å². The number of anilines is 3. The predicted octanol–water partition coefficient (Wildman–Crippen LogP) is 2.59. The van der Waals surface area contributed by atoms with Gasteiger partial charge < -0.3 is 29.7 Å². The number of hydrogen-bond donors (Lipinski definition) is 2. The van der Waals surface area contributed by atoms with Crippen LogP contribution >= 0.6 is 0 Å². The zero-order chi connectivity index (χ0) is 24.0. The minimum atomic E-state index is -0.841. The molecule has 0 aliphatic carbocycles. The number of nitrogens with zero attached hydrogens (tertiary/aromatic N) is 1. The molecular weight excluding hydrogens is 438 g/mol. The molecule has 2 fully saturated rings. The zero-order valence-corrected chi connectivity index (χ0v) is 19.0. The second kappa shape index (κ2) is 8.18. The fourth-order valence-electron chi connectivity index (χ4n) is 5.05. The number of fused-ring (bicyclic) bond motifs is 1. The lowest BCUT2D eigenvalue weighted by molar-refractivity contribution is -0.128. The normalized spacial score (nSPS) is 26.4. The summed E-state index contributed by atoms with van der Waals surface area (Å²) >= 11 is 0. The molecule has 3 aliphatic heterocycles. The Labute approximate surface area is 196 Å². The van der Waals surface area contributed by atoms with Gasteiger partial charge in [0.05, 0.1) is 38.7 Å². The largest absolute Gasteiger partial charge is 0.497 e. The van der Waals surface area contributed by atoms with Gasteiger partial charge in [-0.2, -0.15) is 0 Å². The quantitative estimate of drug-likeness (QED) is 0.638. The van der Waals surface area contributed by atoms with Crippen LogP contribution in [0, 0.1) is 11.8 Å². The molecule has 0 saturated carbocycles. The highest BCUT2D eigenvalue weighted by Crippen LogP contribution is 2.53. The monoisotopic (exact) mass is 463 g/mol. The van der Waals surface area contributed by atoms with Gasteiger partial charge in [0.25, 0.3) is 0 Å². The van der Waals surface area contributed by atoms with E-state index in [1.807, 2.05) is 12.2 Å². The van der Waals surface area contributed by atoms with Gasteiger partial charge in [0.2, 0.25) is 17.7 Å². The van der Waals surface area contributed by atoms with Crippen molar-refractivity contribution < 1.29 is 28.6 Å². The first kappa shape index (κ1) is 22.0. The van der Waals surface area contributed by atoms with Crippen molar-refractivity contribution in [1.29, 1.82) is 0 Å². The molecular formula is C25H25N3O6. The third-order valence-electron chi connectivity index (χ3n) is 6.52. The number of rotatable bonds is 6. The maximum atomic E-state index is 13.5. The predicted molar refractivity (Wildman–Crippen MR) is 125 cm³/mol. The third kappa shape index (κ3) is 3.58. The number of benzene rings is 2. The molecule has 9 nitrogen and oxygen atoms in total. The molecule has 176 valence electrons. The summed E-state index contributed by atoms with van der Waals surface area (Å²) in [5.41, 5.74) is 0.994. The van der Waals surface area contributed by atoms with Crippen LogP contribution in [0.25, 0.3) is 0 Å². The topological polar surface area (TPSA) is 106 Å². The second-order valence-corrected chi connectivity index (χ2v) is 8.64. The van der Waals surface area contributed by atoms with Crippen LogP contribution < -0.4 is 25.0 Å². The van der Waals surface area contributed by atoms with Crippen molar-refractivity contribution in [2.24, 2.45) is 11.8 Å². The Morgan fingerprint density at radius 1 is 1.03 bits per heavy atom. The van der Waals surface area contributed by atoms with Gasteiger partial charge in [-0.25, -0.2) is 0 Å². The molecule has 0 aromatic heterocycles. The first-order valence-electron chi connectivity index (χ1n) is 10.9. The minimum absolute atomic E-state index is 0.164.